The molecule has 0 atom stereocenters. The highest BCUT2D eigenvalue weighted by molar-refractivity contribution is 7.89. The van der Waals surface area contributed by atoms with Crippen molar-refractivity contribution >= 4 is 21.6 Å². The van der Waals surface area contributed by atoms with E-state index in [1.807, 2.05) is 19.0 Å². The quantitative estimate of drug-likeness (QED) is 0.551. The molecule has 0 aliphatic rings. The van der Waals surface area contributed by atoms with Gasteiger partial charge in [-0.2, -0.15) is 4.31 Å². The Balaban J connectivity index is 2.15. The SMILES string of the molecule is Cc1nnc(-c2cc(S(=O)(=O)N(C)CCN(C)C)c(O)cc2O)n1-c1ccccc1Cl. The summed E-state index contributed by atoms with van der Waals surface area (Å²) in [6.07, 6.45) is 0. The zero-order chi connectivity index (χ0) is 22.9. The molecule has 0 spiro atoms. The average molecular weight is 466 g/mol. The lowest BCUT2D eigenvalue weighted by Crippen LogP contribution is -2.33. The molecule has 9 nitrogen and oxygen atoms in total. The van der Waals surface area contributed by atoms with Crippen LogP contribution in [0.25, 0.3) is 17.1 Å². The minimum Gasteiger partial charge on any atom is -0.507 e. The summed E-state index contributed by atoms with van der Waals surface area (Å²) in [5.41, 5.74) is 0.666. The fourth-order valence-electron chi connectivity index (χ4n) is 3.03. The maximum atomic E-state index is 13.1. The van der Waals surface area contributed by atoms with Gasteiger partial charge in [0.25, 0.3) is 0 Å². The van der Waals surface area contributed by atoms with Crippen molar-refractivity contribution in [2.75, 3.05) is 34.2 Å². The Bertz CT molecular complexity index is 1210. The van der Waals surface area contributed by atoms with Gasteiger partial charge in [0.05, 0.1) is 16.3 Å². The fraction of sp³-hybridized carbons (Fsp3) is 0.300. The van der Waals surface area contributed by atoms with Crippen LogP contribution in [0.2, 0.25) is 5.02 Å². The molecule has 0 aliphatic carbocycles. The Kier molecular flexibility index (Phi) is 6.56. The van der Waals surface area contributed by atoms with Crippen LogP contribution in [0, 0.1) is 6.92 Å². The van der Waals surface area contributed by atoms with Gasteiger partial charge >= 0.3 is 0 Å². The monoisotopic (exact) mass is 465 g/mol. The maximum Gasteiger partial charge on any atom is 0.246 e. The summed E-state index contributed by atoms with van der Waals surface area (Å²) < 4.78 is 28.9. The summed E-state index contributed by atoms with van der Waals surface area (Å²) in [4.78, 5) is 1.51. The molecule has 166 valence electrons. The van der Waals surface area contributed by atoms with E-state index in [9.17, 15) is 18.6 Å². The second-order valence-corrected chi connectivity index (χ2v) is 9.75. The normalized spacial score (nSPS) is 12.1. The molecule has 0 fully saturated rings. The van der Waals surface area contributed by atoms with Crippen LogP contribution in [0.1, 0.15) is 5.82 Å². The molecule has 0 amide bonds. The van der Waals surface area contributed by atoms with Crippen LogP contribution in [0.3, 0.4) is 0 Å². The van der Waals surface area contributed by atoms with Crippen molar-refractivity contribution in [2.24, 2.45) is 0 Å². The van der Waals surface area contributed by atoms with Gasteiger partial charge in [0.2, 0.25) is 10.0 Å². The van der Waals surface area contributed by atoms with E-state index >= 15 is 0 Å². The van der Waals surface area contributed by atoms with E-state index in [4.69, 9.17) is 11.6 Å². The molecular weight excluding hydrogens is 442 g/mol. The second-order valence-electron chi connectivity index (χ2n) is 7.32. The van der Waals surface area contributed by atoms with Gasteiger partial charge < -0.3 is 15.1 Å². The molecule has 3 aromatic rings. The zero-order valence-electron chi connectivity index (χ0n) is 17.6. The van der Waals surface area contributed by atoms with E-state index in [0.29, 0.717) is 23.1 Å². The van der Waals surface area contributed by atoms with E-state index in [2.05, 4.69) is 10.2 Å². The van der Waals surface area contributed by atoms with Crippen molar-refractivity contribution in [1.29, 1.82) is 0 Å². The van der Waals surface area contributed by atoms with Gasteiger partial charge in [0.15, 0.2) is 5.82 Å². The number of aromatic nitrogens is 3. The lowest BCUT2D eigenvalue weighted by Gasteiger charge is -2.20. The number of sulfonamides is 1. The molecule has 3 rings (SSSR count). The number of halogens is 1. The lowest BCUT2D eigenvalue weighted by atomic mass is 10.1. The van der Waals surface area contributed by atoms with Gasteiger partial charge in [-0.25, -0.2) is 8.42 Å². The number of phenolic OH excluding ortho intramolecular Hbond substituents is 2. The van der Waals surface area contributed by atoms with E-state index in [1.165, 1.54) is 13.1 Å². The molecule has 0 saturated heterocycles. The average Bonchev–Trinajstić information content (AvgIpc) is 3.07. The minimum absolute atomic E-state index is 0.0953. The number of aromatic hydroxyl groups is 2. The van der Waals surface area contributed by atoms with Crippen LogP contribution < -0.4 is 0 Å². The van der Waals surface area contributed by atoms with Gasteiger partial charge in [0, 0.05) is 26.2 Å². The van der Waals surface area contributed by atoms with Crippen molar-refractivity contribution in [3.8, 4) is 28.6 Å². The van der Waals surface area contributed by atoms with E-state index in [-0.39, 0.29) is 28.6 Å². The number of benzene rings is 2. The molecular formula is C20H24ClN5O4S. The first-order valence-electron chi connectivity index (χ1n) is 9.38. The van der Waals surface area contributed by atoms with Crippen LogP contribution in [-0.2, 0) is 10.0 Å². The molecule has 0 bridgehead atoms. The molecule has 2 aromatic carbocycles. The fourth-order valence-corrected chi connectivity index (χ4v) is 4.50. The molecule has 1 heterocycles. The molecule has 0 radical (unpaired) electrons. The Hall–Kier alpha value is -2.66. The predicted molar refractivity (Wildman–Crippen MR) is 118 cm³/mol. The van der Waals surface area contributed by atoms with E-state index < -0.39 is 15.8 Å². The number of nitrogens with zero attached hydrogens (tertiary/aromatic N) is 5. The van der Waals surface area contributed by atoms with Crippen LogP contribution in [0.4, 0.5) is 0 Å². The van der Waals surface area contributed by atoms with Crippen molar-refractivity contribution in [1.82, 2.24) is 24.0 Å². The van der Waals surface area contributed by atoms with Crippen molar-refractivity contribution in [3.05, 3.63) is 47.2 Å². The highest BCUT2D eigenvalue weighted by Gasteiger charge is 2.28. The number of phenols is 2. The Morgan fingerprint density at radius 1 is 1.03 bits per heavy atom. The Morgan fingerprint density at radius 2 is 1.71 bits per heavy atom. The van der Waals surface area contributed by atoms with Crippen LogP contribution >= 0.6 is 11.6 Å². The van der Waals surface area contributed by atoms with Gasteiger partial charge in [0.1, 0.15) is 22.2 Å². The summed E-state index contributed by atoms with van der Waals surface area (Å²) in [6, 6.07) is 9.21. The van der Waals surface area contributed by atoms with Crippen molar-refractivity contribution < 1.29 is 18.6 Å². The summed E-state index contributed by atoms with van der Waals surface area (Å²) in [5, 5.41) is 29.4. The molecule has 2 N–H and O–H groups in total. The zero-order valence-corrected chi connectivity index (χ0v) is 19.2. The number of hydrogen-bond acceptors (Lipinski definition) is 7. The molecule has 0 aliphatic heterocycles. The molecule has 11 heteroatoms. The van der Waals surface area contributed by atoms with E-state index in [1.54, 1.807) is 35.8 Å². The summed E-state index contributed by atoms with van der Waals surface area (Å²) in [7, 11) is 1.07. The lowest BCUT2D eigenvalue weighted by molar-refractivity contribution is 0.357. The third-order valence-electron chi connectivity index (χ3n) is 4.79. The second kappa shape index (κ2) is 8.83. The standard InChI is InChI=1S/C20H24ClN5O4S/c1-13-22-23-20(26(13)16-8-6-5-7-15(16)21)14-11-19(18(28)12-17(14)27)31(29,30)25(4)10-9-24(2)3/h5-8,11-12,27-28H,9-10H2,1-4H3. The predicted octanol–water partition coefficient (Wildman–Crippen LogP) is 2.49. The maximum absolute atomic E-state index is 13.1. The summed E-state index contributed by atoms with van der Waals surface area (Å²) in [6.45, 7) is 2.44. The van der Waals surface area contributed by atoms with Crippen molar-refractivity contribution in [2.45, 2.75) is 11.8 Å². The Labute approximate surface area is 186 Å². The number of aryl methyl sites for hydroxylation is 1. The molecule has 1 aromatic heterocycles. The third-order valence-corrected chi connectivity index (χ3v) is 6.99. The molecule has 31 heavy (non-hydrogen) atoms. The smallest absolute Gasteiger partial charge is 0.246 e. The van der Waals surface area contributed by atoms with E-state index in [0.717, 1.165) is 10.4 Å². The van der Waals surface area contributed by atoms with Crippen molar-refractivity contribution in [3.63, 3.8) is 0 Å². The van der Waals surface area contributed by atoms with Crippen LogP contribution in [-0.4, -0.2) is 76.8 Å². The van der Waals surface area contributed by atoms with Crippen LogP contribution in [0.5, 0.6) is 11.5 Å². The molecule has 0 saturated carbocycles. The van der Waals surface area contributed by atoms with Gasteiger partial charge in [-0.05, 0) is 39.2 Å². The highest BCUT2D eigenvalue weighted by atomic mass is 35.5. The highest BCUT2D eigenvalue weighted by Crippen LogP contribution is 2.38. The number of rotatable bonds is 7. The number of para-hydroxylation sites is 1. The number of likely N-dealkylation sites (N-methyl/N-ethyl adjacent to an activating group) is 2. The van der Waals surface area contributed by atoms with Gasteiger partial charge in [-0.3, -0.25) is 4.57 Å². The van der Waals surface area contributed by atoms with Gasteiger partial charge in [-0.1, -0.05) is 23.7 Å². The number of hydrogen-bond donors (Lipinski definition) is 2. The Morgan fingerprint density at radius 3 is 2.35 bits per heavy atom. The largest absolute Gasteiger partial charge is 0.507 e. The first-order chi connectivity index (χ1) is 14.5. The first kappa shape index (κ1) is 23.0. The van der Waals surface area contributed by atoms with Gasteiger partial charge in [-0.15, -0.1) is 10.2 Å². The minimum atomic E-state index is -4.03. The summed E-state index contributed by atoms with van der Waals surface area (Å²) >= 11 is 6.33. The third kappa shape index (κ3) is 4.52. The topological polar surface area (TPSA) is 112 Å². The van der Waals surface area contributed by atoms with Crippen LogP contribution in [0.15, 0.2) is 41.3 Å². The molecule has 0 unspecified atom stereocenters. The summed E-state index contributed by atoms with van der Waals surface area (Å²) in [5.74, 6) is -0.217. The first-order valence-corrected chi connectivity index (χ1v) is 11.2.